The smallest absolute Gasteiger partial charge is 0.153 e. The molecule has 0 aliphatic rings. The third kappa shape index (κ3) is 9.02. The number of carbonyl (C=O) groups is 2. The van der Waals surface area contributed by atoms with Gasteiger partial charge in [0.2, 0.25) is 0 Å². The van der Waals surface area contributed by atoms with E-state index in [0.717, 1.165) is 19.5 Å². The minimum atomic E-state index is 0.0347. The number of carbonyl (C=O) groups excluding carboxylic acids is 2. The van der Waals surface area contributed by atoms with Gasteiger partial charge >= 0.3 is 0 Å². The summed E-state index contributed by atoms with van der Waals surface area (Å²) in [6.07, 6.45) is 2.19. The number of phenols is 2. The summed E-state index contributed by atoms with van der Waals surface area (Å²) in [6, 6.07) is 12.8. The van der Waals surface area contributed by atoms with Crippen LogP contribution < -0.4 is 11.5 Å². The molecule has 2 rings (SSSR count). The van der Waals surface area contributed by atoms with Crippen molar-refractivity contribution in [3.63, 3.8) is 0 Å². The SMILES string of the molecule is NCCCN.O=Cc1ccccc1O.O=Cc1ccccc1O. The predicted molar refractivity (Wildman–Crippen MR) is 89.7 cm³/mol. The van der Waals surface area contributed by atoms with Crippen molar-refractivity contribution in [3.8, 4) is 11.5 Å². The summed E-state index contributed by atoms with van der Waals surface area (Å²) in [7, 11) is 0. The fraction of sp³-hybridized carbons (Fsp3) is 0.176. The number of benzene rings is 2. The molecular formula is C17H22N2O4. The van der Waals surface area contributed by atoms with Crippen molar-refractivity contribution in [3.05, 3.63) is 59.7 Å². The molecule has 0 bridgehead atoms. The molecule has 2 aromatic rings. The lowest BCUT2D eigenvalue weighted by Gasteiger charge is -1.91. The summed E-state index contributed by atoms with van der Waals surface area (Å²) in [4.78, 5) is 20.1. The van der Waals surface area contributed by atoms with Crippen LogP contribution in [0, 0.1) is 0 Å². The molecule has 0 amide bonds. The van der Waals surface area contributed by atoms with Gasteiger partial charge in [-0.3, -0.25) is 9.59 Å². The highest BCUT2D eigenvalue weighted by atomic mass is 16.3. The fourth-order valence-electron chi connectivity index (χ4n) is 1.29. The van der Waals surface area contributed by atoms with Gasteiger partial charge in [-0.1, -0.05) is 24.3 Å². The van der Waals surface area contributed by atoms with Crippen molar-refractivity contribution in [1.82, 2.24) is 0 Å². The number of aromatic hydroxyl groups is 2. The van der Waals surface area contributed by atoms with Crippen LogP contribution in [0.1, 0.15) is 27.1 Å². The number of hydrogen-bond acceptors (Lipinski definition) is 6. The van der Waals surface area contributed by atoms with E-state index < -0.39 is 0 Å². The first kappa shape index (κ1) is 20.3. The molecule has 0 spiro atoms. The average Bonchev–Trinajstić information content (AvgIpc) is 2.58. The molecular weight excluding hydrogens is 296 g/mol. The lowest BCUT2D eigenvalue weighted by atomic mass is 10.2. The molecule has 0 saturated carbocycles. The summed E-state index contributed by atoms with van der Waals surface area (Å²) < 4.78 is 0. The van der Waals surface area contributed by atoms with E-state index in [1.54, 1.807) is 36.4 Å². The minimum absolute atomic E-state index is 0.0347. The van der Waals surface area contributed by atoms with Gasteiger partial charge in [0, 0.05) is 0 Å². The molecule has 0 heterocycles. The summed E-state index contributed by atoms with van der Waals surface area (Å²) in [5.41, 5.74) is 10.8. The maximum absolute atomic E-state index is 10.1. The zero-order valence-corrected chi connectivity index (χ0v) is 12.8. The second-order valence-electron chi connectivity index (χ2n) is 4.28. The van der Waals surface area contributed by atoms with E-state index in [0.29, 0.717) is 23.7 Å². The van der Waals surface area contributed by atoms with Crippen molar-refractivity contribution >= 4 is 12.6 Å². The summed E-state index contributed by atoms with van der Waals surface area (Å²) in [5, 5.41) is 17.8. The number of hydrogen-bond donors (Lipinski definition) is 4. The van der Waals surface area contributed by atoms with Gasteiger partial charge in [-0.25, -0.2) is 0 Å². The van der Waals surface area contributed by atoms with Gasteiger partial charge in [0.15, 0.2) is 12.6 Å². The molecule has 6 nitrogen and oxygen atoms in total. The molecule has 6 heteroatoms. The van der Waals surface area contributed by atoms with E-state index in [4.69, 9.17) is 21.7 Å². The van der Waals surface area contributed by atoms with Gasteiger partial charge in [-0.05, 0) is 43.8 Å². The quantitative estimate of drug-likeness (QED) is 0.636. The Balaban J connectivity index is 0.000000332. The molecule has 23 heavy (non-hydrogen) atoms. The molecule has 0 aliphatic carbocycles. The molecule has 0 saturated heterocycles. The van der Waals surface area contributed by atoms with Gasteiger partial charge < -0.3 is 21.7 Å². The van der Waals surface area contributed by atoms with Crippen molar-refractivity contribution in [2.45, 2.75) is 6.42 Å². The van der Waals surface area contributed by atoms with Crippen LogP contribution in [0.2, 0.25) is 0 Å². The van der Waals surface area contributed by atoms with E-state index >= 15 is 0 Å². The molecule has 0 unspecified atom stereocenters. The molecule has 0 fully saturated rings. The predicted octanol–water partition coefficient (Wildman–Crippen LogP) is 1.70. The molecule has 6 N–H and O–H groups in total. The van der Waals surface area contributed by atoms with E-state index in [2.05, 4.69) is 0 Å². The number of aldehydes is 2. The van der Waals surface area contributed by atoms with Crippen molar-refractivity contribution in [2.75, 3.05) is 13.1 Å². The zero-order valence-electron chi connectivity index (χ0n) is 12.8. The zero-order chi connectivity index (χ0) is 17.5. The monoisotopic (exact) mass is 318 g/mol. The van der Waals surface area contributed by atoms with E-state index in [1.807, 2.05) is 0 Å². The Labute approximate surface area is 135 Å². The minimum Gasteiger partial charge on any atom is -0.507 e. The van der Waals surface area contributed by atoms with Crippen LogP contribution in [-0.2, 0) is 0 Å². The molecule has 2 aromatic carbocycles. The van der Waals surface area contributed by atoms with Gasteiger partial charge in [-0.2, -0.15) is 0 Å². The Morgan fingerprint density at radius 3 is 1.26 bits per heavy atom. The van der Waals surface area contributed by atoms with Crippen LogP contribution in [-0.4, -0.2) is 35.9 Å². The Morgan fingerprint density at radius 2 is 1.09 bits per heavy atom. The largest absolute Gasteiger partial charge is 0.507 e. The number of rotatable bonds is 4. The third-order valence-electron chi connectivity index (χ3n) is 2.54. The van der Waals surface area contributed by atoms with Crippen LogP contribution >= 0.6 is 0 Å². The first-order chi connectivity index (χ1) is 11.1. The van der Waals surface area contributed by atoms with Crippen LogP contribution in [0.4, 0.5) is 0 Å². The Kier molecular flexibility index (Phi) is 11.5. The van der Waals surface area contributed by atoms with Crippen molar-refractivity contribution < 1.29 is 19.8 Å². The summed E-state index contributed by atoms with van der Waals surface area (Å²) >= 11 is 0. The lowest BCUT2D eigenvalue weighted by Crippen LogP contribution is -2.06. The third-order valence-corrected chi connectivity index (χ3v) is 2.54. The van der Waals surface area contributed by atoms with Gasteiger partial charge in [-0.15, -0.1) is 0 Å². The first-order valence-corrected chi connectivity index (χ1v) is 6.97. The van der Waals surface area contributed by atoms with Crippen molar-refractivity contribution in [2.24, 2.45) is 11.5 Å². The van der Waals surface area contributed by atoms with Gasteiger partial charge in [0.05, 0.1) is 11.1 Å². The second kappa shape index (κ2) is 13.0. The number of phenolic OH excluding ortho intramolecular Hbond substituents is 2. The summed E-state index contributed by atoms with van der Waals surface area (Å²) in [5.74, 6) is 0.0694. The second-order valence-corrected chi connectivity index (χ2v) is 4.28. The summed E-state index contributed by atoms with van der Waals surface area (Å²) in [6.45, 7) is 1.44. The Bertz CT molecular complexity index is 537. The van der Waals surface area contributed by atoms with Crippen LogP contribution in [0.15, 0.2) is 48.5 Å². The molecule has 0 atom stereocenters. The highest BCUT2D eigenvalue weighted by Crippen LogP contribution is 2.12. The maximum Gasteiger partial charge on any atom is 0.153 e. The van der Waals surface area contributed by atoms with E-state index in [-0.39, 0.29) is 11.5 Å². The Morgan fingerprint density at radius 1 is 0.739 bits per heavy atom. The van der Waals surface area contributed by atoms with Crippen LogP contribution in [0.25, 0.3) is 0 Å². The topological polar surface area (TPSA) is 127 Å². The molecule has 0 aliphatic heterocycles. The highest BCUT2D eigenvalue weighted by molar-refractivity contribution is 5.79. The number of para-hydroxylation sites is 2. The van der Waals surface area contributed by atoms with E-state index in [9.17, 15) is 9.59 Å². The standard InChI is InChI=1S/2C7H6O2.C3H10N2/c2*8-5-6-3-1-2-4-7(6)9;4-2-1-3-5/h2*1-5,9H;1-5H2. The van der Waals surface area contributed by atoms with E-state index in [1.165, 1.54) is 12.1 Å². The van der Waals surface area contributed by atoms with Crippen molar-refractivity contribution in [1.29, 1.82) is 0 Å². The van der Waals surface area contributed by atoms with Gasteiger partial charge in [0.25, 0.3) is 0 Å². The molecule has 0 aromatic heterocycles. The number of nitrogens with two attached hydrogens (primary N) is 2. The fourth-order valence-corrected chi connectivity index (χ4v) is 1.29. The molecule has 124 valence electrons. The highest BCUT2D eigenvalue weighted by Gasteiger charge is 1.93. The van der Waals surface area contributed by atoms with Gasteiger partial charge in [0.1, 0.15) is 11.5 Å². The average molecular weight is 318 g/mol. The first-order valence-electron chi connectivity index (χ1n) is 6.97. The van der Waals surface area contributed by atoms with Crippen LogP contribution in [0.3, 0.4) is 0 Å². The molecule has 0 radical (unpaired) electrons. The van der Waals surface area contributed by atoms with Crippen LogP contribution in [0.5, 0.6) is 11.5 Å². The normalized spacial score (nSPS) is 8.78. The lowest BCUT2D eigenvalue weighted by molar-refractivity contribution is 0.111. The Hall–Kier alpha value is -2.70. The maximum atomic E-state index is 10.1.